The molecular formula is C27H38N4O7S. The molecule has 5 atom stereocenters. The molecule has 1 aromatic heterocycles. The number of benzene rings is 1. The maximum Gasteiger partial charge on any atom is 0.242 e. The highest BCUT2D eigenvalue weighted by atomic mass is 32.2. The van der Waals surface area contributed by atoms with E-state index in [0.717, 1.165) is 34.1 Å². The second-order valence-electron chi connectivity index (χ2n) is 10.5. The molecule has 0 unspecified atom stereocenters. The topological polar surface area (TPSA) is 191 Å². The van der Waals surface area contributed by atoms with Gasteiger partial charge in [-0.25, -0.2) is 0 Å². The number of nitrogens with one attached hydrogen (secondary N) is 2. The zero-order valence-electron chi connectivity index (χ0n) is 22.5. The number of aromatic nitrogens is 2. The van der Waals surface area contributed by atoms with Crippen LogP contribution in [-0.4, -0.2) is 83.6 Å². The summed E-state index contributed by atoms with van der Waals surface area (Å²) in [6, 6.07) is 7.72. The minimum absolute atomic E-state index is 0.0970. The number of rotatable bonds is 11. The summed E-state index contributed by atoms with van der Waals surface area (Å²) in [5.74, 6) is -0.528. The van der Waals surface area contributed by atoms with Crippen LogP contribution in [0.5, 0.6) is 5.88 Å². The van der Waals surface area contributed by atoms with Crippen molar-refractivity contribution in [3.8, 4) is 5.88 Å². The van der Waals surface area contributed by atoms with Crippen molar-refractivity contribution in [1.29, 1.82) is 0 Å². The normalized spacial score (nSPS) is 23.8. The third kappa shape index (κ3) is 7.61. The zero-order valence-corrected chi connectivity index (χ0v) is 23.3. The quantitative estimate of drug-likeness (QED) is 0.208. The monoisotopic (exact) mass is 562 g/mol. The van der Waals surface area contributed by atoms with E-state index in [1.165, 1.54) is 0 Å². The molecule has 2 heterocycles. The molecule has 0 bridgehead atoms. The van der Waals surface area contributed by atoms with Gasteiger partial charge in [-0.05, 0) is 30.9 Å². The van der Waals surface area contributed by atoms with Gasteiger partial charge in [0.1, 0.15) is 17.7 Å². The third-order valence-corrected chi connectivity index (χ3v) is 7.98. The van der Waals surface area contributed by atoms with Gasteiger partial charge in [-0.2, -0.15) is 0 Å². The fourth-order valence-corrected chi connectivity index (χ4v) is 5.32. The van der Waals surface area contributed by atoms with Crippen molar-refractivity contribution in [3.05, 3.63) is 52.7 Å². The molecule has 0 aliphatic carbocycles. The lowest BCUT2D eigenvalue weighted by molar-refractivity contribution is -0.129. The summed E-state index contributed by atoms with van der Waals surface area (Å²) in [5, 5.41) is 49.5. The lowest BCUT2D eigenvalue weighted by atomic mass is 9.99. The van der Waals surface area contributed by atoms with E-state index >= 15 is 0 Å². The number of aliphatic hydroxyl groups is 4. The number of ether oxygens (including phenoxy) is 1. The minimum Gasteiger partial charge on any atom is -0.459 e. The average molecular weight is 563 g/mol. The van der Waals surface area contributed by atoms with E-state index in [9.17, 15) is 30.0 Å². The average Bonchev–Trinajstić information content (AvgIpc) is 3.27. The zero-order chi connectivity index (χ0) is 28.9. The lowest BCUT2D eigenvalue weighted by Crippen LogP contribution is -2.55. The van der Waals surface area contributed by atoms with E-state index in [1.54, 1.807) is 19.9 Å². The molecule has 3 rings (SSSR count). The summed E-state index contributed by atoms with van der Waals surface area (Å²) in [7, 11) is 0. The van der Waals surface area contributed by atoms with Gasteiger partial charge in [0.15, 0.2) is 5.44 Å². The van der Waals surface area contributed by atoms with Crippen molar-refractivity contribution in [1.82, 2.24) is 15.5 Å². The summed E-state index contributed by atoms with van der Waals surface area (Å²) in [6.45, 7) is 6.75. The second kappa shape index (κ2) is 13.0. The molecule has 1 saturated heterocycles. The van der Waals surface area contributed by atoms with Gasteiger partial charge in [0.2, 0.25) is 17.7 Å². The Morgan fingerprint density at radius 3 is 2.44 bits per heavy atom. The number of carbonyl (C=O) groups is 2. The van der Waals surface area contributed by atoms with Crippen LogP contribution < -0.4 is 15.8 Å². The molecule has 0 spiro atoms. The number of hydrogen-bond donors (Lipinski definition) is 7. The Morgan fingerprint density at radius 2 is 1.85 bits per heavy atom. The smallest absolute Gasteiger partial charge is 0.242 e. The van der Waals surface area contributed by atoms with Crippen LogP contribution >= 0.6 is 11.8 Å². The number of H-pyrrole nitrogens is 1. The number of amides is 2. The largest absolute Gasteiger partial charge is 0.459 e. The van der Waals surface area contributed by atoms with Crippen molar-refractivity contribution >= 4 is 29.7 Å². The molecule has 0 radical (unpaired) electrons. The summed E-state index contributed by atoms with van der Waals surface area (Å²) < 4.78 is 6.01. The summed E-state index contributed by atoms with van der Waals surface area (Å²) in [6.07, 6.45) is 0.0000685. The van der Waals surface area contributed by atoms with Gasteiger partial charge in [0.25, 0.3) is 0 Å². The summed E-state index contributed by atoms with van der Waals surface area (Å²) in [5.41, 5.74) is 6.77. The Balaban J connectivity index is 1.70. The van der Waals surface area contributed by atoms with Crippen molar-refractivity contribution < 1.29 is 34.8 Å². The van der Waals surface area contributed by atoms with E-state index in [4.69, 9.17) is 10.5 Å². The molecule has 2 amide bonds. The van der Waals surface area contributed by atoms with Gasteiger partial charge >= 0.3 is 0 Å². The summed E-state index contributed by atoms with van der Waals surface area (Å²) >= 11 is 1.05. The van der Waals surface area contributed by atoms with Gasteiger partial charge in [-0.15, -0.1) is 16.9 Å². The van der Waals surface area contributed by atoms with Crippen molar-refractivity contribution in [2.75, 3.05) is 6.61 Å². The van der Waals surface area contributed by atoms with Crippen LogP contribution in [0.1, 0.15) is 62.4 Å². The van der Waals surface area contributed by atoms with Gasteiger partial charge in [0.05, 0.1) is 18.0 Å². The van der Waals surface area contributed by atoms with Crippen LogP contribution in [0.4, 0.5) is 0 Å². The molecule has 12 heteroatoms. The number of carbonyl (C=O) groups excluding carboxylic acids is 2. The van der Waals surface area contributed by atoms with Crippen LogP contribution in [-0.2, 0) is 16.0 Å². The molecule has 1 aliphatic rings. The van der Waals surface area contributed by atoms with Crippen LogP contribution in [0.2, 0.25) is 0 Å². The number of aliphatic hydroxyl groups excluding tert-OH is 4. The molecule has 1 aliphatic heterocycles. The van der Waals surface area contributed by atoms with Gasteiger partial charge in [-0.3, -0.25) is 14.7 Å². The number of primary amides is 1. The van der Waals surface area contributed by atoms with Gasteiger partial charge < -0.3 is 36.2 Å². The first-order valence-corrected chi connectivity index (χ1v) is 13.7. The first kappa shape index (κ1) is 30.6. The molecule has 8 N–H and O–H groups in total. The molecule has 2 aromatic rings. The molecule has 1 aromatic carbocycles. The van der Waals surface area contributed by atoms with Crippen molar-refractivity contribution in [2.45, 2.75) is 81.0 Å². The van der Waals surface area contributed by atoms with E-state index in [2.05, 4.69) is 15.5 Å². The number of thioether (sulfide) groups is 1. The first-order valence-electron chi connectivity index (χ1n) is 12.7. The standard InChI is InChI=1S/C27H38N4O7S/c1-14(2)20-17(24(31-30-20)38-25-23(36)22(35)21(34)18(13-32)39-25)12-16-10-8-15(9-11-16)6-5-7-19(33)29-27(3,4)26(28)37/h5-6,8-11,14,18,21-23,25,32,34-36H,7,12-13H2,1-4H3,(H2,28,37)(H,29,33)(H,30,31)/b6-5+/t18-,21-,22+,23-,25-/m1/s1. The Kier molecular flexibility index (Phi) is 10.2. The van der Waals surface area contributed by atoms with Crippen LogP contribution in [0, 0.1) is 0 Å². The Morgan fingerprint density at radius 1 is 1.18 bits per heavy atom. The summed E-state index contributed by atoms with van der Waals surface area (Å²) in [4.78, 5) is 23.5. The minimum atomic E-state index is -1.46. The number of nitrogens with two attached hydrogens (primary N) is 1. The molecule has 0 saturated carbocycles. The first-order chi connectivity index (χ1) is 18.3. The SMILES string of the molecule is CC(C)c1[nH]nc(O[C@@H]2S[C@H](CO)[C@@H](O)[C@H](O)[C@H]2O)c1Cc1ccc(/C=C/CC(=O)NC(C)(C)C(N)=O)cc1. The Hall–Kier alpha value is -2.90. The van der Waals surface area contributed by atoms with E-state index < -0.39 is 40.4 Å². The molecule has 1 fully saturated rings. The fourth-order valence-electron chi connectivity index (χ4n) is 4.10. The Labute approximate surface area is 231 Å². The number of hydrogen-bond acceptors (Lipinski definition) is 9. The third-order valence-electron chi connectivity index (χ3n) is 6.56. The van der Waals surface area contributed by atoms with E-state index in [-0.39, 0.29) is 30.7 Å². The number of nitrogens with zero attached hydrogens (tertiary/aromatic N) is 1. The highest BCUT2D eigenvalue weighted by Crippen LogP contribution is 2.36. The fraction of sp³-hybridized carbons (Fsp3) is 0.519. The molecule has 39 heavy (non-hydrogen) atoms. The maximum absolute atomic E-state index is 12.1. The predicted molar refractivity (Wildman–Crippen MR) is 148 cm³/mol. The molecule has 214 valence electrons. The maximum atomic E-state index is 12.1. The number of aromatic amines is 1. The second-order valence-corrected chi connectivity index (χ2v) is 11.8. The highest BCUT2D eigenvalue weighted by Gasteiger charge is 2.45. The highest BCUT2D eigenvalue weighted by molar-refractivity contribution is 8.00. The van der Waals surface area contributed by atoms with Crippen LogP contribution in [0.25, 0.3) is 6.08 Å². The predicted octanol–water partition coefficient (Wildman–Crippen LogP) is 0.803. The molecule has 11 nitrogen and oxygen atoms in total. The molecular weight excluding hydrogens is 524 g/mol. The van der Waals surface area contributed by atoms with Gasteiger partial charge in [-0.1, -0.05) is 50.3 Å². The Bertz CT molecular complexity index is 1160. The van der Waals surface area contributed by atoms with Crippen LogP contribution in [0.3, 0.4) is 0 Å². The van der Waals surface area contributed by atoms with Crippen molar-refractivity contribution in [3.63, 3.8) is 0 Å². The lowest BCUT2D eigenvalue weighted by Gasteiger charge is -2.38. The van der Waals surface area contributed by atoms with E-state index in [0.29, 0.717) is 6.42 Å². The van der Waals surface area contributed by atoms with Gasteiger partial charge in [0, 0.05) is 24.1 Å². The van der Waals surface area contributed by atoms with Crippen molar-refractivity contribution in [2.24, 2.45) is 5.73 Å². The van der Waals surface area contributed by atoms with Crippen LogP contribution in [0.15, 0.2) is 30.3 Å². The van der Waals surface area contributed by atoms with E-state index in [1.807, 2.05) is 44.2 Å².